The molecular formula is C13H20N6O5. The maximum Gasteiger partial charge on any atom is 0.410 e. The molecule has 1 atom stereocenters. The van der Waals surface area contributed by atoms with Crippen molar-refractivity contribution in [1.29, 1.82) is 0 Å². The van der Waals surface area contributed by atoms with Crippen LogP contribution in [-0.4, -0.2) is 95.1 Å². The first-order valence-corrected chi connectivity index (χ1v) is 7.75. The predicted molar refractivity (Wildman–Crippen MR) is 77.9 cm³/mol. The second-order valence-electron chi connectivity index (χ2n) is 5.47. The number of nitrogens with zero attached hydrogens (tertiary/aromatic N) is 6. The molecule has 3 rings (SSSR count). The molecule has 1 aromatic rings. The second kappa shape index (κ2) is 7.53. The number of aromatic nitrogens is 4. The molecule has 0 radical (unpaired) electrons. The number of morpholine rings is 1. The van der Waals surface area contributed by atoms with Crippen LogP contribution in [-0.2, 0) is 25.5 Å². The van der Waals surface area contributed by atoms with Gasteiger partial charge in [-0.25, -0.2) is 4.79 Å². The van der Waals surface area contributed by atoms with Gasteiger partial charge in [-0.05, 0) is 5.21 Å². The van der Waals surface area contributed by atoms with E-state index >= 15 is 0 Å². The van der Waals surface area contributed by atoms with E-state index in [1.807, 2.05) is 0 Å². The molecule has 1 aromatic heterocycles. The van der Waals surface area contributed by atoms with E-state index in [1.165, 1.54) is 9.70 Å². The minimum atomic E-state index is -0.448. The minimum Gasteiger partial charge on any atom is -0.448 e. The van der Waals surface area contributed by atoms with Crippen molar-refractivity contribution in [3.05, 3.63) is 5.82 Å². The molecule has 2 aliphatic rings. The van der Waals surface area contributed by atoms with Crippen LogP contribution in [0.25, 0.3) is 0 Å². The molecule has 0 spiro atoms. The number of tetrazole rings is 1. The normalized spacial score (nSPS) is 21.2. The van der Waals surface area contributed by atoms with E-state index in [2.05, 4.69) is 15.4 Å². The van der Waals surface area contributed by atoms with Crippen molar-refractivity contribution in [3.63, 3.8) is 0 Å². The van der Waals surface area contributed by atoms with Gasteiger partial charge >= 0.3 is 6.09 Å². The SMILES string of the molecule is COCCn1nnc([C@@H]2CN(C(=O)CN3CCOC3=O)CCO2)n1. The lowest BCUT2D eigenvalue weighted by Crippen LogP contribution is -2.47. The third-order valence-electron chi connectivity index (χ3n) is 3.84. The van der Waals surface area contributed by atoms with E-state index in [1.54, 1.807) is 12.0 Å². The highest BCUT2D eigenvalue weighted by Gasteiger charge is 2.31. The van der Waals surface area contributed by atoms with Crippen molar-refractivity contribution in [2.75, 3.05) is 53.1 Å². The van der Waals surface area contributed by atoms with Crippen LogP contribution in [0.2, 0.25) is 0 Å². The summed E-state index contributed by atoms with van der Waals surface area (Å²) in [4.78, 5) is 28.3. The maximum atomic E-state index is 12.4. The van der Waals surface area contributed by atoms with Gasteiger partial charge in [-0.15, -0.1) is 10.2 Å². The number of amides is 2. The lowest BCUT2D eigenvalue weighted by Gasteiger charge is -2.32. The number of carbonyl (C=O) groups excluding carboxylic acids is 2. The van der Waals surface area contributed by atoms with E-state index < -0.39 is 12.2 Å². The van der Waals surface area contributed by atoms with Crippen molar-refractivity contribution in [2.45, 2.75) is 12.6 Å². The molecule has 3 heterocycles. The Labute approximate surface area is 138 Å². The minimum absolute atomic E-state index is 0.0134. The van der Waals surface area contributed by atoms with Gasteiger partial charge in [-0.1, -0.05) is 0 Å². The zero-order valence-corrected chi connectivity index (χ0v) is 13.5. The quantitative estimate of drug-likeness (QED) is 0.626. The van der Waals surface area contributed by atoms with Gasteiger partial charge in [-0.3, -0.25) is 9.69 Å². The highest BCUT2D eigenvalue weighted by molar-refractivity contribution is 5.83. The molecule has 2 aliphatic heterocycles. The Morgan fingerprint density at radius 1 is 1.38 bits per heavy atom. The largest absolute Gasteiger partial charge is 0.448 e. The molecule has 2 amide bonds. The van der Waals surface area contributed by atoms with Gasteiger partial charge in [0.2, 0.25) is 11.7 Å². The first-order valence-electron chi connectivity index (χ1n) is 7.75. The van der Waals surface area contributed by atoms with Crippen molar-refractivity contribution < 1.29 is 23.8 Å². The Kier molecular flexibility index (Phi) is 5.20. The molecule has 2 fully saturated rings. The number of cyclic esters (lactones) is 1. The fraction of sp³-hybridized carbons (Fsp3) is 0.769. The fourth-order valence-corrected chi connectivity index (χ4v) is 2.52. The summed E-state index contributed by atoms with van der Waals surface area (Å²) in [6.07, 6.45) is -0.875. The van der Waals surface area contributed by atoms with Crippen molar-refractivity contribution in [3.8, 4) is 0 Å². The zero-order chi connectivity index (χ0) is 16.9. The number of carbonyl (C=O) groups is 2. The lowest BCUT2D eigenvalue weighted by molar-refractivity contribution is -0.139. The van der Waals surface area contributed by atoms with Crippen molar-refractivity contribution in [2.24, 2.45) is 0 Å². The molecule has 0 N–H and O–H groups in total. The van der Waals surface area contributed by atoms with Crippen LogP contribution < -0.4 is 0 Å². The molecule has 11 heteroatoms. The Balaban J connectivity index is 1.56. The average Bonchev–Trinajstić information content (AvgIpc) is 3.23. The van der Waals surface area contributed by atoms with Gasteiger partial charge in [0.15, 0.2) is 0 Å². The molecule has 24 heavy (non-hydrogen) atoms. The third-order valence-corrected chi connectivity index (χ3v) is 3.84. The van der Waals surface area contributed by atoms with Crippen molar-refractivity contribution in [1.82, 2.24) is 30.0 Å². The Bertz CT molecular complexity index is 593. The summed E-state index contributed by atoms with van der Waals surface area (Å²) in [6, 6.07) is 0. The summed E-state index contributed by atoms with van der Waals surface area (Å²) in [6.45, 7) is 2.94. The molecule has 0 aliphatic carbocycles. The van der Waals surface area contributed by atoms with E-state index in [4.69, 9.17) is 14.2 Å². The first kappa shape index (κ1) is 16.6. The summed E-state index contributed by atoms with van der Waals surface area (Å²) in [5.74, 6) is 0.290. The van der Waals surface area contributed by atoms with Gasteiger partial charge in [0.25, 0.3) is 0 Å². The topological polar surface area (TPSA) is 112 Å². The molecule has 11 nitrogen and oxygen atoms in total. The van der Waals surface area contributed by atoms with E-state index in [0.717, 1.165) is 0 Å². The standard InChI is InChI=1S/C13H20N6O5/c1-22-5-4-19-15-12(14-16-19)10-8-17(2-6-23-10)11(20)9-18-3-7-24-13(18)21/h10H,2-9H2,1H3/t10-/m0/s1. The molecular weight excluding hydrogens is 320 g/mol. The molecule has 0 unspecified atom stereocenters. The molecule has 0 saturated carbocycles. The summed E-state index contributed by atoms with van der Waals surface area (Å²) >= 11 is 0. The number of methoxy groups -OCH3 is 1. The van der Waals surface area contributed by atoms with Crippen LogP contribution in [0.15, 0.2) is 0 Å². The fourth-order valence-electron chi connectivity index (χ4n) is 2.52. The van der Waals surface area contributed by atoms with Gasteiger partial charge in [0, 0.05) is 13.7 Å². The van der Waals surface area contributed by atoms with Crippen LogP contribution in [0, 0.1) is 0 Å². The molecule has 2 saturated heterocycles. The summed E-state index contributed by atoms with van der Waals surface area (Å²) in [5.41, 5.74) is 0. The monoisotopic (exact) mass is 340 g/mol. The third kappa shape index (κ3) is 3.79. The number of hydrogen-bond donors (Lipinski definition) is 0. The number of ether oxygens (including phenoxy) is 3. The Morgan fingerprint density at radius 2 is 2.25 bits per heavy atom. The van der Waals surface area contributed by atoms with Crippen LogP contribution in [0.1, 0.15) is 11.9 Å². The number of hydrogen-bond acceptors (Lipinski definition) is 8. The van der Waals surface area contributed by atoms with Crippen LogP contribution in [0.3, 0.4) is 0 Å². The van der Waals surface area contributed by atoms with Gasteiger partial charge in [-0.2, -0.15) is 4.80 Å². The van der Waals surface area contributed by atoms with E-state index in [-0.39, 0.29) is 12.5 Å². The Hall–Kier alpha value is -2.27. The molecule has 0 aromatic carbocycles. The van der Waals surface area contributed by atoms with E-state index in [0.29, 0.717) is 51.8 Å². The molecule has 0 bridgehead atoms. The number of rotatable bonds is 6. The van der Waals surface area contributed by atoms with Crippen LogP contribution >= 0.6 is 0 Å². The summed E-state index contributed by atoms with van der Waals surface area (Å²) in [7, 11) is 1.60. The van der Waals surface area contributed by atoms with E-state index in [9.17, 15) is 9.59 Å². The smallest absolute Gasteiger partial charge is 0.410 e. The lowest BCUT2D eigenvalue weighted by atomic mass is 10.2. The summed E-state index contributed by atoms with van der Waals surface area (Å²) < 4.78 is 15.4. The highest BCUT2D eigenvalue weighted by atomic mass is 16.6. The molecule has 132 valence electrons. The summed E-state index contributed by atoms with van der Waals surface area (Å²) in [5, 5.41) is 12.2. The van der Waals surface area contributed by atoms with Crippen LogP contribution in [0.4, 0.5) is 4.79 Å². The average molecular weight is 340 g/mol. The predicted octanol–water partition coefficient (Wildman–Crippen LogP) is -1.33. The Morgan fingerprint density at radius 3 is 3.00 bits per heavy atom. The maximum absolute atomic E-state index is 12.4. The first-order chi connectivity index (χ1) is 11.7. The van der Waals surface area contributed by atoms with Gasteiger partial charge in [0.1, 0.15) is 19.3 Å². The van der Waals surface area contributed by atoms with Crippen molar-refractivity contribution >= 4 is 12.0 Å². The second-order valence-corrected chi connectivity index (χ2v) is 5.47. The zero-order valence-electron chi connectivity index (χ0n) is 13.5. The van der Waals surface area contributed by atoms with Gasteiger partial charge < -0.3 is 19.1 Å². The van der Waals surface area contributed by atoms with Gasteiger partial charge in [0.05, 0.1) is 32.8 Å². The van der Waals surface area contributed by atoms with Crippen LogP contribution in [0.5, 0.6) is 0 Å². The highest BCUT2D eigenvalue weighted by Crippen LogP contribution is 2.19.